The van der Waals surface area contributed by atoms with Crippen LogP contribution in [0.5, 0.6) is 5.75 Å². The van der Waals surface area contributed by atoms with Crippen molar-refractivity contribution in [1.29, 1.82) is 0 Å². The molecule has 1 saturated heterocycles. The van der Waals surface area contributed by atoms with Gasteiger partial charge in [0, 0.05) is 43.9 Å². The number of hydrogen-bond acceptors (Lipinski definition) is 6. The first kappa shape index (κ1) is 25.9. The van der Waals surface area contributed by atoms with Gasteiger partial charge in [-0.1, -0.05) is 42.0 Å². The first-order chi connectivity index (χ1) is 18.0. The second kappa shape index (κ2) is 12.2. The number of aryl methyl sites for hydroxylation is 1. The Hall–Kier alpha value is -4.20. The average molecular weight is 500 g/mol. The first-order valence-corrected chi connectivity index (χ1v) is 12.5. The lowest BCUT2D eigenvalue weighted by atomic mass is 10.1. The van der Waals surface area contributed by atoms with E-state index in [1.165, 1.54) is 10.5 Å². The fourth-order valence-corrected chi connectivity index (χ4v) is 4.35. The van der Waals surface area contributed by atoms with Crippen LogP contribution in [0.1, 0.15) is 22.3 Å². The third kappa shape index (κ3) is 6.52. The van der Waals surface area contributed by atoms with Gasteiger partial charge in [-0.25, -0.2) is 0 Å². The third-order valence-corrected chi connectivity index (χ3v) is 6.45. The Morgan fingerprint density at radius 1 is 1.03 bits per heavy atom. The highest BCUT2D eigenvalue weighted by molar-refractivity contribution is 5.97. The maximum Gasteiger partial charge on any atom is 0.254 e. The number of hydrogen-bond donors (Lipinski definition) is 0. The number of aromatic nitrogens is 2. The number of amides is 2. The quantitative estimate of drug-likeness (QED) is 0.439. The molecular weight excluding hydrogens is 466 g/mol. The van der Waals surface area contributed by atoms with Crippen LogP contribution in [0.15, 0.2) is 73.3 Å². The summed E-state index contributed by atoms with van der Waals surface area (Å²) in [6, 6.07) is 19.1. The van der Waals surface area contributed by atoms with Crippen LogP contribution in [0, 0.1) is 6.92 Å². The molecule has 8 heteroatoms. The fourth-order valence-electron chi connectivity index (χ4n) is 4.35. The lowest BCUT2D eigenvalue weighted by Gasteiger charge is -2.26. The van der Waals surface area contributed by atoms with Gasteiger partial charge in [0.05, 0.1) is 12.8 Å². The monoisotopic (exact) mass is 499 g/mol. The highest BCUT2D eigenvalue weighted by atomic mass is 16.5. The lowest BCUT2D eigenvalue weighted by Crippen LogP contribution is -2.44. The molecule has 0 spiro atoms. The van der Waals surface area contributed by atoms with Gasteiger partial charge in [0.2, 0.25) is 5.91 Å². The zero-order valence-corrected chi connectivity index (χ0v) is 21.5. The van der Waals surface area contributed by atoms with Crippen molar-refractivity contribution in [2.75, 3.05) is 51.3 Å². The zero-order chi connectivity index (χ0) is 26.2. The van der Waals surface area contributed by atoms with Crippen LogP contribution >= 0.6 is 0 Å². The van der Waals surface area contributed by atoms with Gasteiger partial charge in [0.15, 0.2) is 5.82 Å². The van der Waals surface area contributed by atoms with E-state index in [2.05, 4.69) is 40.7 Å². The van der Waals surface area contributed by atoms with E-state index in [1.807, 2.05) is 29.2 Å². The van der Waals surface area contributed by atoms with Gasteiger partial charge in [0.25, 0.3) is 5.91 Å². The summed E-state index contributed by atoms with van der Waals surface area (Å²) in [5, 5.41) is 8.88. The number of nitrogens with zero attached hydrogens (tertiary/aromatic N) is 5. The predicted octanol–water partition coefficient (Wildman–Crippen LogP) is 3.83. The molecule has 2 amide bonds. The van der Waals surface area contributed by atoms with Crippen molar-refractivity contribution in [3.8, 4) is 17.0 Å². The Labute approximate surface area is 218 Å². The van der Waals surface area contributed by atoms with Crippen LogP contribution in [0.3, 0.4) is 0 Å². The minimum Gasteiger partial charge on any atom is -0.497 e. The largest absolute Gasteiger partial charge is 0.497 e. The first-order valence-electron chi connectivity index (χ1n) is 12.5. The molecule has 4 rings (SSSR count). The molecule has 1 fully saturated rings. The maximum absolute atomic E-state index is 13.2. The zero-order valence-electron chi connectivity index (χ0n) is 21.5. The molecule has 37 heavy (non-hydrogen) atoms. The standard InChI is InChI=1S/C29H33N5O3/c1-4-15-34(29(36)24-7-5-8-25(20-24)37-3)21-28(35)33-17-6-16-32(18-19-33)27-14-13-26(30-31-27)23-11-9-22(2)10-12-23/h4-5,7-14,20H,1,6,15-19,21H2,2-3H3. The van der Waals surface area contributed by atoms with Crippen molar-refractivity contribution in [2.24, 2.45) is 0 Å². The Morgan fingerprint density at radius 3 is 2.54 bits per heavy atom. The highest BCUT2D eigenvalue weighted by Crippen LogP contribution is 2.20. The van der Waals surface area contributed by atoms with Gasteiger partial charge in [-0.15, -0.1) is 16.8 Å². The van der Waals surface area contributed by atoms with Gasteiger partial charge >= 0.3 is 0 Å². The highest BCUT2D eigenvalue weighted by Gasteiger charge is 2.24. The number of carbonyl (C=O) groups is 2. The van der Waals surface area contributed by atoms with E-state index >= 15 is 0 Å². The summed E-state index contributed by atoms with van der Waals surface area (Å²) in [6.45, 7) is 8.69. The molecule has 8 nitrogen and oxygen atoms in total. The molecule has 0 aliphatic carbocycles. The average Bonchev–Trinajstić information content (AvgIpc) is 3.19. The van der Waals surface area contributed by atoms with Gasteiger partial charge in [0.1, 0.15) is 12.3 Å². The Morgan fingerprint density at radius 2 is 1.84 bits per heavy atom. The molecule has 0 unspecified atom stereocenters. The van der Waals surface area contributed by atoms with Crippen LogP contribution in [0.25, 0.3) is 11.3 Å². The van der Waals surface area contributed by atoms with E-state index in [4.69, 9.17) is 4.74 Å². The number of anilines is 1. The Balaban J connectivity index is 1.37. The molecule has 192 valence electrons. The van der Waals surface area contributed by atoms with Crippen molar-refractivity contribution in [3.05, 3.63) is 84.4 Å². The molecule has 0 bridgehead atoms. The third-order valence-electron chi connectivity index (χ3n) is 6.45. The van der Waals surface area contributed by atoms with Gasteiger partial charge in [-0.3, -0.25) is 9.59 Å². The van der Waals surface area contributed by atoms with Crippen LogP contribution < -0.4 is 9.64 Å². The molecular formula is C29H33N5O3. The van der Waals surface area contributed by atoms with E-state index in [1.54, 1.807) is 37.5 Å². The van der Waals surface area contributed by atoms with Crippen LogP contribution in [0.4, 0.5) is 5.82 Å². The Bertz CT molecular complexity index is 1230. The van der Waals surface area contributed by atoms with E-state index < -0.39 is 0 Å². The molecule has 0 N–H and O–H groups in total. The maximum atomic E-state index is 13.2. The number of benzene rings is 2. The topological polar surface area (TPSA) is 78.9 Å². The summed E-state index contributed by atoms with van der Waals surface area (Å²) < 4.78 is 5.23. The molecule has 1 aliphatic rings. The lowest BCUT2D eigenvalue weighted by molar-refractivity contribution is -0.131. The van der Waals surface area contributed by atoms with Gasteiger partial charge < -0.3 is 19.4 Å². The van der Waals surface area contributed by atoms with E-state index in [0.29, 0.717) is 30.9 Å². The number of carbonyl (C=O) groups excluding carboxylic acids is 2. The van der Waals surface area contributed by atoms with Crippen LogP contribution in [0.2, 0.25) is 0 Å². The van der Waals surface area contributed by atoms with E-state index in [0.717, 1.165) is 30.0 Å². The summed E-state index contributed by atoms with van der Waals surface area (Å²) in [5.41, 5.74) is 3.54. The Kier molecular flexibility index (Phi) is 8.51. The van der Waals surface area contributed by atoms with Crippen molar-refractivity contribution >= 4 is 17.6 Å². The molecule has 2 aromatic carbocycles. The van der Waals surface area contributed by atoms with E-state index in [9.17, 15) is 9.59 Å². The normalized spacial score (nSPS) is 13.6. The van der Waals surface area contributed by atoms with Crippen LogP contribution in [-0.4, -0.2) is 78.2 Å². The minimum atomic E-state index is -0.229. The molecule has 2 heterocycles. The van der Waals surface area contributed by atoms with E-state index in [-0.39, 0.29) is 24.9 Å². The molecule has 1 aromatic heterocycles. The predicted molar refractivity (Wildman–Crippen MR) is 145 cm³/mol. The number of rotatable bonds is 8. The number of methoxy groups -OCH3 is 1. The molecule has 0 atom stereocenters. The van der Waals surface area contributed by atoms with Gasteiger partial charge in [-0.05, 0) is 43.7 Å². The molecule has 0 saturated carbocycles. The SMILES string of the molecule is C=CCN(CC(=O)N1CCCN(c2ccc(-c3ccc(C)cc3)nn2)CC1)C(=O)c1cccc(OC)c1. The fraction of sp³-hybridized carbons (Fsp3) is 0.310. The van der Waals surface area contributed by atoms with Crippen molar-refractivity contribution < 1.29 is 14.3 Å². The smallest absolute Gasteiger partial charge is 0.254 e. The second-order valence-electron chi connectivity index (χ2n) is 9.07. The van der Waals surface area contributed by atoms with Gasteiger partial charge in [-0.2, -0.15) is 0 Å². The summed E-state index contributed by atoms with van der Waals surface area (Å²) >= 11 is 0. The summed E-state index contributed by atoms with van der Waals surface area (Å²) in [6.07, 6.45) is 2.44. The summed E-state index contributed by atoms with van der Waals surface area (Å²) in [5.74, 6) is 1.08. The molecule has 1 aliphatic heterocycles. The summed E-state index contributed by atoms with van der Waals surface area (Å²) in [7, 11) is 1.56. The van der Waals surface area contributed by atoms with Crippen molar-refractivity contribution in [2.45, 2.75) is 13.3 Å². The summed E-state index contributed by atoms with van der Waals surface area (Å²) in [4.78, 5) is 31.8. The minimum absolute atomic E-state index is 0.00683. The number of ether oxygens (including phenoxy) is 1. The van der Waals surface area contributed by atoms with Crippen molar-refractivity contribution in [1.82, 2.24) is 20.0 Å². The second-order valence-corrected chi connectivity index (χ2v) is 9.07. The van der Waals surface area contributed by atoms with Crippen LogP contribution in [-0.2, 0) is 4.79 Å². The molecule has 3 aromatic rings. The van der Waals surface area contributed by atoms with Crippen molar-refractivity contribution in [3.63, 3.8) is 0 Å². The molecule has 0 radical (unpaired) electrons.